The first-order valence-electron chi connectivity index (χ1n) is 6.81. The van der Waals surface area contributed by atoms with E-state index in [1.807, 2.05) is 37.1 Å². The maximum absolute atomic E-state index is 12.6. The molecule has 1 aliphatic heterocycles. The molecule has 0 saturated carbocycles. The Bertz CT molecular complexity index is 472. The van der Waals surface area contributed by atoms with Gasteiger partial charge in [-0.1, -0.05) is 0 Å². The number of carbonyl (C=O) groups is 1. The van der Waals surface area contributed by atoms with Gasteiger partial charge < -0.3 is 15.1 Å². The first kappa shape index (κ1) is 13.9. The van der Waals surface area contributed by atoms with Gasteiger partial charge in [-0.25, -0.2) is 0 Å². The quantitative estimate of drug-likeness (QED) is 0.882. The van der Waals surface area contributed by atoms with E-state index in [0.29, 0.717) is 6.04 Å². The molecule has 1 aliphatic rings. The Labute approximate surface area is 115 Å². The maximum atomic E-state index is 12.6. The van der Waals surface area contributed by atoms with E-state index >= 15 is 0 Å². The Balaban J connectivity index is 2.16. The third-order valence-electron chi connectivity index (χ3n) is 3.99. The van der Waals surface area contributed by atoms with Crippen molar-refractivity contribution < 1.29 is 4.79 Å². The van der Waals surface area contributed by atoms with Crippen LogP contribution >= 0.6 is 0 Å². The number of aryl methyl sites for hydroxylation is 1. The monoisotopic (exact) mass is 261 g/mol. The third kappa shape index (κ3) is 2.89. The van der Waals surface area contributed by atoms with Gasteiger partial charge in [0.2, 0.25) is 0 Å². The highest BCUT2D eigenvalue weighted by Gasteiger charge is 2.25. The molecule has 1 fully saturated rings. The van der Waals surface area contributed by atoms with Crippen LogP contribution in [-0.2, 0) is 0 Å². The molecule has 19 heavy (non-hydrogen) atoms. The number of amides is 1. The second kappa shape index (κ2) is 5.61. The van der Waals surface area contributed by atoms with Gasteiger partial charge >= 0.3 is 0 Å². The minimum atomic E-state index is 0.153. The van der Waals surface area contributed by atoms with Crippen LogP contribution < -0.4 is 5.32 Å². The van der Waals surface area contributed by atoms with Gasteiger partial charge in [0, 0.05) is 44.0 Å². The van der Waals surface area contributed by atoms with Crippen LogP contribution in [0.4, 0.5) is 5.69 Å². The maximum Gasteiger partial charge on any atom is 0.254 e. The number of hydrogen-bond donors (Lipinski definition) is 1. The Hall–Kier alpha value is -1.55. The van der Waals surface area contributed by atoms with Crippen molar-refractivity contribution in [3.63, 3.8) is 0 Å². The molecule has 1 saturated heterocycles. The van der Waals surface area contributed by atoms with Crippen molar-refractivity contribution in [1.82, 2.24) is 9.80 Å². The highest BCUT2D eigenvalue weighted by molar-refractivity contribution is 5.96. The van der Waals surface area contributed by atoms with Gasteiger partial charge in [-0.15, -0.1) is 0 Å². The zero-order chi connectivity index (χ0) is 14.0. The summed E-state index contributed by atoms with van der Waals surface area (Å²) >= 11 is 0. The Morgan fingerprint density at radius 1 is 1.37 bits per heavy atom. The molecule has 1 aromatic rings. The molecule has 0 spiro atoms. The lowest BCUT2D eigenvalue weighted by Crippen LogP contribution is -2.52. The third-order valence-corrected chi connectivity index (χ3v) is 3.99. The Morgan fingerprint density at radius 3 is 2.68 bits per heavy atom. The topological polar surface area (TPSA) is 35.6 Å². The van der Waals surface area contributed by atoms with E-state index < -0.39 is 0 Å². The number of anilines is 1. The van der Waals surface area contributed by atoms with Crippen molar-refractivity contribution in [2.24, 2.45) is 0 Å². The summed E-state index contributed by atoms with van der Waals surface area (Å²) in [5.74, 6) is 0.153. The minimum absolute atomic E-state index is 0.153. The summed E-state index contributed by atoms with van der Waals surface area (Å²) in [5.41, 5.74) is 2.89. The summed E-state index contributed by atoms with van der Waals surface area (Å²) in [6.07, 6.45) is 0. The van der Waals surface area contributed by atoms with Crippen LogP contribution in [0.15, 0.2) is 18.2 Å². The van der Waals surface area contributed by atoms with Crippen molar-refractivity contribution in [3.8, 4) is 0 Å². The molecule has 1 unspecified atom stereocenters. The van der Waals surface area contributed by atoms with E-state index in [-0.39, 0.29) is 5.91 Å². The zero-order valence-electron chi connectivity index (χ0n) is 12.2. The predicted octanol–water partition coefficient (Wildman–Crippen LogP) is 1.81. The standard InChI is InChI=1S/C15H23N3O/c1-11-9-13(16-3)5-6-14(11)15(19)18-8-7-17(4)12(2)10-18/h5-6,9,12,16H,7-8,10H2,1-4H3. The summed E-state index contributed by atoms with van der Waals surface area (Å²) in [4.78, 5) is 16.8. The van der Waals surface area contributed by atoms with Gasteiger partial charge in [-0.3, -0.25) is 4.79 Å². The highest BCUT2D eigenvalue weighted by atomic mass is 16.2. The van der Waals surface area contributed by atoms with Gasteiger partial charge in [0.15, 0.2) is 0 Å². The van der Waals surface area contributed by atoms with Crippen molar-refractivity contribution in [3.05, 3.63) is 29.3 Å². The lowest BCUT2D eigenvalue weighted by molar-refractivity contribution is 0.0572. The molecule has 1 amide bonds. The smallest absolute Gasteiger partial charge is 0.254 e. The van der Waals surface area contributed by atoms with Crippen LogP contribution in [0, 0.1) is 6.92 Å². The molecule has 4 nitrogen and oxygen atoms in total. The van der Waals surface area contributed by atoms with Crippen molar-refractivity contribution >= 4 is 11.6 Å². The number of hydrogen-bond acceptors (Lipinski definition) is 3. The molecule has 1 N–H and O–H groups in total. The lowest BCUT2D eigenvalue weighted by atomic mass is 10.1. The minimum Gasteiger partial charge on any atom is -0.388 e. The Kier molecular flexibility index (Phi) is 4.10. The van der Waals surface area contributed by atoms with Crippen LogP contribution in [-0.4, -0.2) is 55.5 Å². The molecule has 0 radical (unpaired) electrons. The van der Waals surface area contributed by atoms with E-state index in [1.54, 1.807) is 0 Å². The summed E-state index contributed by atoms with van der Waals surface area (Å²) in [6.45, 7) is 6.72. The zero-order valence-corrected chi connectivity index (χ0v) is 12.2. The van der Waals surface area contributed by atoms with Crippen LogP contribution in [0.2, 0.25) is 0 Å². The second-order valence-corrected chi connectivity index (χ2v) is 5.36. The summed E-state index contributed by atoms with van der Waals surface area (Å²) in [5, 5.41) is 3.09. The van der Waals surface area contributed by atoms with Crippen molar-refractivity contribution in [1.29, 1.82) is 0 Å². The largest absolute Gasteiger partial charge is 0.388 e. The average molecular weight is 261 g/mol. The first-order chi connectivity index (χ1) is 9.02. The van der Waals surface area contributed by atoms with E-state index in [2.05, 4.69) is 24.2 Å². The van der Waals surface area contributed by atoms with Gasteiger partial charge in [0.1, 0.15) is 0 Å². The van der Waals surface area contributed by atoms with Gasteiger partial charge in [0.05, 0.1) is 0 Å². The molecule has 1 aromatic carbocycles. The molecule has 1 atom stereocenters. The number of rotatable bonds is 2. The number of piperazine rings is 1. The molecule has 4 heteroatoms. The lowest BCUT2D eigenvalue weighted by Gasteiger charge is -2.37. The average Bonchev–Trinajstić information content (AvgIpc) is 2.41. The van der Waals surface area contributed by atoms with Gasteiger partial charge in [-0.05, 0) is 44.7 Å². The SMILES string of the molecule is CNc1ccc(C(=O)N2CCN(C)C(C)C2)c(C)c1. The molecular weight excluding hydrogens is 238 g/mol. The Morgan fingerprint density at radius 2 is 2.11 bits per heavy atom. The molecule has 104 valence electrons. The number of benzene rings is 1. The number of likely N-dealkylation sites (N-methyl/N-ethyl adjacent to an activating group) is 1. The number of nitrogens with one attached hydrogen (secondary N) is 1. The fraction of sp³-hybridized carbons (Fsp3) is 0.533. The molecular formula is C15H23N3O. The normalized spacial score (nSPS) is 20.4. The van der Waals surface area contributed by atoms with E-state index in [1.165, 1.54) is 0 Å². The summed E-state index contributed by atoms with van der Waals surface area (Å²) in [7, 11) is 4.00. The van der Waals surface area contributed by atoms with Crippen LogP contribution in [0.5, 0.6) is 0 Å². The van der Waals surface area contributed by atoms with E-state index in [4.69, 9.17) is 0 Å². The highest BCUT2D eigenvalue weighted by Crippen LogP contribution is 2.18. The predicted molar refractivity (Wildman–Crippen MR) is 78.7 cm³/mol. The molecule has 1 heterocycles. The van der Waals surface area contributed by atoms with E-state index in [9.17, 15) is 4.79 Å². The first-order valence-corrected chi connectivity index (χ1v) is 6.81. The number of nitrogens with zero attached hydrogens (tertiary/aromatic N) is 2. The van der Waals surface area contributed by atoms with Gasteiger partial charge in [-0.2, -0.15) is 0 Å². The van der Waals surface area contributed by atoms with Crippen LogP contribution in [0.1, 0.15) is 22.8 Å². The summed E-state index contributed by atoms with van der Waals surface area (Å²) < 4.78 is 0. The molecule has 0 bridgehead atoms. The van der Waals surface area contributed by atoms with Crippen LogP contribution in [0.3, 0.4) is 0 Å². The second-order valence-electron chi connectivity index (χ2n) is 5.36. The number of carbonyl (C=O) groups excluding carboxylic acids is 1. The van der Waals surface area contributed by atoms with Gasteiger partial charge in [0.25, 0.3) is 5.91 Å². The molecule has 0 aromatic heterocycles. The fourth-order valence-corrected chi connectivity index (χ4v) is 2.46. The van der Waals surface area contributed by atoms with Crippen LogP contribution in [0.25, 0.3) is 0 Å². The van der Waals surface area contributed by atoms with E-state index in [0.717, 1.165) is 36.4 Å². The molecule has 0 aliphatic carbocycles. The molecule has 2 rings (SSSR count). The van der Waals surface area contributed by atoms with Crippen molar-refractivity contribution in [2.75, 3.05) is 39.0 Å². The summed E-state index contributed by atoms with van der Waals surface area (Å²) in [6, 6.07) is 6.33. The fourth-order valence-electron chi connectivity index (χ4n) is 2.46. The van der Waals surface area contributed by atoms with Crippen molar-refractivity contribution in [2.45, 2.75) is 19.9 Å².